The average Bonchev–Trinajstić information content (AvgIpc) is 3.58. The first-order valence-electron chi connectivity index (χ1n) is 11.6. The lowest BCUT2D eigenvalue weighted by molar-refractivity contribution is -0.116. The molecule has 3 heterocycles. The number of nitrogens with zero attached hydrogens (tertiary/aromatic N) is 1. The molecule has 36 heavy (non-hydrogen) atoms. The molecule has 2 amide bonds. The molecule has 1 aliphatic carbocycles. The first kappa shape index (κ1) is 22.2. The van der Waals surface area contributed by atoms with Crippen molar-refractivity contribution in [3.05, 3.63) is 113 Å². The Morgan fingerprint density at radius 1 is 0.917 bits per heavy atom. The van der Waals surface area contributed by atoms with Crippen LogP contribution in [-0.2, 0) is 4.79 Å². The molecule has 0 bridgehead atoms. The average molecular weight is 500 g/mol. The van der Waals surface area contributed by atoms with Crippen molar-refractivity contribution < 1.29 is 18.4 Å². The second-order valence-electron chi connectivity index (χ2n) is 8.80. The summed E-state index contributed by atoms with van der Waals surface area (Å²) in [6.45, 7) is 0. The van der Waals surface area contributed by atoms with Gasteiger partial charge in [-0.25, -0.2) is 4.79 Å². The van der Waals surface area contributed by atoms with Crippen molar-refractivity contribution >= 4 is 40.5 Å². The molecule has 2 aromatic carbocycles. The lowest BCUT2D eigenvalue weighted by Crippen LogP contribution is -2.40. The molecular weight excluding hydrogens is 478 g/mol. The summed E-state index contributed by atoms with van der Waals surface area (Å²) in [6.07, 6.45) is 4.00. The number of carbonyl (C=O) groups excluding carboxylic acids is 2. The Kier molecular flexibility index (Phi) is 5.62. The van der Waals surface area contributed by atoms with Crippen molar-refractivity contribution in [2.45, 2.75) is 24.8 Å². The Hall–Kier alpha value is -4.23. The van der Waals surface area contributed by atoms with E-state index in [1.165, 1.54) is 0 Å². The molecule has 6 rings (SSSR count). The number of allylic oxidation sites excluding steroid dienone is 1. The summed E-state index contributed by atoms with van der Waals surface area (Å²) in [4.78, 5) is 29.2. The van der Waals surface area contributed by atoms with Gasteiger partial charge in [-0.05, 0) is 67.1 Å². The number of fused-ring (bicyclic) bond motifs is 1. The van der Waals surface area contributed by atoms with Crippen molar-refractivity contribution in [2.24, 2.45) is 0 Å². The van der Waals surface area contributed by atoms with Crippen molar-refractivity contribution in [3.63, 3.8) is 0 Å². The third kappa shape index (κ3) is 3.97. The summed E-state index contributed by atoms with van der Waals surface area (Å²) in [5.41, 5.74) is 3.19. The number of urea groups is 1. The van der Waals surface area contributed by atoms with Crippen molar-refractivity contribution in [1.82, 2.24) is 0 Å². The minimum Gasteiger partial charge on any atom is -0.469 e. The number of carbonyl (C=O) groups is 2. The highest BCUT2D eigenvalue weighted by Crippen LogP contribution is 2.47. The van der Waals surface area contributed by atoms with Gasteiger partial charge >= 0.3 is 6.03 Å². The fourth-order valence-corrected chi connectivity index (χ4v) is 5.10. The number of amides is 2. The zero-order valence-corrected chi connectivity index (χ0v) is 19.9. The van der Waals surface area contributed by atoms with E-state index in [1.807, 2.05) is 36.4 Å². The number of hydrogen-bond donors (Lipinski definition) is 2. The van der Waals surface area contributed by atoms with Crippen molar-refractivity contribution in [1.29, 1.82) is 0 Å². The molecule has 7 nitrogen and oxygen atoms in total. The molecular formula is C28H22ClN3O4. The van der Waals surface area contributed by atoms with Gasteiger partial charge < -0.3 is 19.5 Å². The largest absolute Gasteiger partial charge is 0.469 e. The second-order valence-corrected chi connectivity index (χ2v) is 9.24. The van der Waals surface area contributed by atoms with E-state index in [1.54, 1.807) is 53.8 Å². The Labute approximate surface area is 212 Å². The fourth-order valence-electron chi connectivity index (χ4n) is 4.97. The van der Waals surface area contributed by atoms with Gasteiger partial charge in [-0.3, -0.25) is 9.69 Å². The topological polar surface area (TPSA) is 87.7 Å². The summed E-state index contributed by atoms with van der Waals surface area (Å²) in [7, 11) is 0. The molecule has 4 aromatic rings. The van der Waals surface area contributed by atoms with Gasteiger partial charge in [0, 0.05) is 34.3 Å². The van der Waals surface area contributed by atoms with Crippen molar-refractivity contribution in [2.75, 3.05) is 15.5 Å². The molecule has 1 aliphatic heterocycles. The van der Waals surface area contributed by atoms with Crippen LogP contribution < -0.4 is 15.5 Å². The third-order valence-corrected chi connectivity index (χ3v) is 6.81. The van der Waals surface area contributed by atoms with Gasteiger partial charge in [0.1, 0.15) is 17.6 Å². The predicted octanol–water partition coefficient (Wildman–Crippen LogP) is 7.13. The first-order chi connectivity index (χ1) is 17.6. The summed E-state index contributed by atoms with van der Waals surface area (Å²) in [6, 6.07) is 20.5. The SMILES string of the molecule is O=C1C[C@H](c2ccco2)CC2=C1[C@@H](c1ccco1)N(C(=O)Nc1ccc(Cl)cc1)c1ccccc1N2. The van der Waals surface area contributed by atoms with E-state index >= 15 is 0 Å². The number of rotatable bonds is 3. The third-order valence-electron chi connectivity index (χ3n) is 6.56. The number of para-hydroxylation sites is 2. The highest BCUT2D eigenvalue weighted by molar-refractivity contribution is 6.30. The molecule has 180 valence electrons. The van der Waals surface area contributed by atoms with E-state index in [0.717, 1.165) is 17.1 Å². The Morgan fingerprint density at radius 3 is 2.36 bits per heavy atom. The van der Waals surface area contributed by atoms with Crippen LogP contribution in [0.3, 0.4) is 0 Å². The monoisotopic (exact) mass is 499 g/mol. The number of furan rings is 2. The Morgan fingerprint density at radius 2 is 1.64 bits per heavy atom. The lowest BCUT2D eigenvalue weighted by Gasteiger charge is -2.33. The lowest BCUT2D eigenvalue weighted by atomic mass is 9.81. The quantitative estimate of drug-likeness (QED) is 0.313. The molecule has 0 saturated heterocycles. The molecule has 2 aliphatic rings. The summed E-state index contributed by atoms with van der Waals surface area (Å²) < 4.78 is 11.4. The van der Waals surface area contributed by atoms with Crippen LogP contribution in [0.1, 0.15) is 36.3 Å². The fraction of sp³-hybridized carbons (Fsp3) is 0.143. The van der Waals surface area contributed by atoms with Gasteiger partial charge in [-0.2, -0.15) is 0 Å². The van der Waals surface area contributed by atoms with Crippen LogP contribution in [0, 0.1) is 0 Å². The molecule has 8 heteroatoms. The van der Waals surface area contributed by atoms with Crippen LogP contribution in [0.4, 0.5) is 21.9 Å². The van der Waals surface area contributed by atoms with Crippen LogP contribution in [0.5, 0.6) is 0 Å². The van der Waals surface area contributed by atoms with E-state index in [-0.39, 0.29) is 18.1 Å². The molecule has 2 aromatic heterocycles. The second kappa shape index (κ2) is 9.09. The smallest absolute Gasteiger partial charge is 0.327 e. The van der Waals surface area contributed by atoms with Crippen molar-refractivity contribution in [3.8, 4) is 0 Å². The van der Waals surface area contributed by atoms with Gasteiger partial charge in [-0.15, -0.1) is 0 Å². The van der Waals surface area contributed by atoms with Crippen LogP contribution in [-0.4, -0.2) is 11.8 Å². The summed E-state index contributed by atoms with van der Waals surface area (Å²) in [5, 5.41) is 6.99. The van der Waals surface area contributed by atoms with Gasteiger partial charge in [-0.1, -0.05) is 23.7 Å². The zero-order valence-electron chi connectivity index (χ0n) is 19.1. The maximum atomic E-state index is 13.9. The standard InChI is InChI=1S/C28H22ClN3O4/c29-18-9-11-19(12-10-18)30-28(34)32-22-6-2-1-5-20(22)31-21-15-17(24-7-3-13-35-24)16-23(33)26(21)27(32)25-8-4-14-36-25/h1-14,17,27,31H,15-16H2,(H,30,34)/t17-,27-/m1/s1. The summed E-state index contributed by atoms with van der Waals surface area (Å²) in [5.74, 6) is 1.10. The van der Waals surface area contributed by atoms with Crippen LogP contribution in [0.15, 0.2) is 105 Å². The number of benzene rings is 2. The number of ketones is 1. The minimum atomic E-state index is -0.761. The Bertz CT molecular complexity index is 1440. The van der Waals surface area contributed by atoms with E-state index in [0.29, 0.717) is 34.2 Å². The molecule has 2 atom stereocenters. The highest BCUT2D eigenvalue weighted by atomic mass is 35.5. The predicted molar refractivity (Wildman–Crippen MR) is 137 cm³/mol. The van der Waals surface area contributed by atoms with E-state index < -0.39 is 12.1 Å². The first-order valence-corrected chi connectivity index (χ1v) is 12.0. The molecule has 0 saturated carbocycles. The molecule has 0 unspecified atom stereocenters. The van der Waals surface area contributed by atoms with Gasteiger partial charge in [0.2, 0.25) is 0 Å². The molecule has 0 radical (unpaired) electrons. The molecule has 2 N–H and O–H groups in total. The van der Waals surface area contributed by atoms with Gasteiger partial charge in [0.15, 0.2) is 5.78 Å². The van der Waals surface area contributed by atoms with E-state index in [2.05, 4.69) is 10.6 Å². The Balaban J connectivity index is 1.49. The van der Waals surface area contributed by atoms with Gasteiger partial charge in [0.05, 0.1) is 23.9 Å². The van der Waals surface area contributed by atoms with Crippen LogP contribution >= 0.6 is 11.6 Å². The number of nitrogens with one attached hydrogen (secondary N) is 2. The number of Topliss-reactive ketones (excluding diaryl/α,β-unsaturated/α-hetero) is 1. The number of halogens is 1. The number of anilines is 3. The maximum absolute atomic E-state index is 13.9. The zero-order chi connectivity index (χ0) is 24.6. The number of hydrogen-bond acceptors (Lipinski definition) is 5. The van der Waals surface area contributed by atoms with Crippen LogP contribution in [0.2, 0.25) is 5.02 Å². The summed E-state index contributed by atoms with van der Waals surface area (Å²) >= 11 is 6.02. The molecule has 0 fully saturated rings. The van der Waals surface area contributed by atoms with Gasteiger partial charge in [0.25, 0.3) is 0 Å². The highest BCUT2D eigenvalue weighted by Gasteiger charge is 2.43. The normalized spacial score (nSPS) is 19.2. The van der Waals surface area contributed by atoms with E-state index in [4.69, 9.17) is 20.4 Å². The van der Waals surface area contributed by atoms with E-state index in [9.17, 15) is 9.59 Å². The minimum absolute atomic E-state index is 0.0661. The van der Waals surface area contributed by atoms with Crippen LogP contribution in [0.25, 0.3) is 0 Å². The maximum Gasteiger partial charge on any atom is 0.327 e. The molecule has 0 spiro atoms.